The first-order valence-corrected chi connectivity index (χ1v) is 22.7. The molecule has 1 aromatic heterocycles. The van der Waals surface area contributed by atoms with Gasteiger partial charge < -0.3 is 9.47 Å². The van der Waals surface area contributed by atoms with Crippen molar-refractivity contribution in [1.29, 1.82) is 0 Å². The Morgan fingerprint density at radius 1 is 0.258 bits per heavy atom. The maximum absolute atomic E-state index is 2.43. The van der Waals surface area contributed by atoms with Gasteiger partial charge in [0.1, 0.15) is 0 Å². The third-order valence-corrected chi connectivity index (χ3v) is 13.0. The second-order valence-corrected chi connectivity index (χ2v) is 16.9. The van der Waals surface area contributed by atoms with E-state index in [1.54, 1.807) is 0 Å². The van der Waals surface area contributed by atoms with Gasteiger partial charge in [-0.25, -0.2) is 0 Å². The summed E-state index contributed by atoms with van der Waals surface area (Å²) in [6, 6.07) is 96.9. The number of rotatable bonds is 9. The van der Waals surface area contributed by atoms with Crippen LogP contribution in [0, 0.1) is 0 Å². The standard InChI is InChI=1S/C64H44N2/c1-2-18-49(19-3-1)55-23-6-7-24-56(55)57-25-8-9-26-58(57)59-27-10-13-30-62(59)65(53-21-16-22-54(44-53)66-63-31-14-11-28-60(63)61-29-12-15-32-64(61)66)52-41-39-47(40-42-52)46-33-35-48(36-34-46)51-38-37-45-17-4-5-20-50(45)43-51/h1-44H. The fourth-order valence-corrected chi connectivity index (χ4v) is 9.86. The molecule has 0 atom stereocenters. The minimum absolute atomic E-state index is 1.07. The van der Waals surface area contributed by atoms with E-state index in [4.69, 9.17) is 0 Å². The van der Waals surface area contributed by atoms with Gasteiger partial charge in [-0.15, -0.1) is 0 Å². The van der Waals surface area contributed by atoms with Crippen LogP contribution >= 0.6 is 0 Å². The molecule has 0 unspecified atom stereocenters. The Kier molecular flexibility index (Phi) is 9.89. The van der Waals surface area contributed by atoms with Gasteiger partial charge in [-0.05, 0) is 115 Å². The van der Waals surface area contributed by atoms with Gasteiger partial charge in [-0.2, -0.15) is 0 Å². The van der Waals surface area contributed by atoms with Crippen LogP contribution in [0.5, 0.6) is 0 Å². The van der Waals surface area contributed by atoms with Gasteiger partial charge in [0.15, 0.2) is 0 Å². The highest BCUT2D eigenvalue weighted by Gasteiger charge is 2.21. The maximum atomic E-state index is 2.43. The lowest BCUT2D eigenvalue weighted by Crippen LogP contribution is -2.12. The Morgan fingerprint density at radius 2 is 0.742 bits per heavy atom. The highest BCUT2D eigenvalue weighted by atomic mass is 15.1. The lowest BCUT2D eigenvalue weighted by atomic mass is 9.88. The molecule has 0 saturated carbocycles. The van der Waals surface area contributed by atoms with Gasteiger partial charge in [0, 0.05) is 33.4 Å². The minimum atomic E-state index is 1.07. The quantitative estimate of drug-likeness (QED) is 0.141. The molecule has 0 N–H and O–H groups in total. The zero-order chi connectivity index (χ0) is 43.8. The van der Waals surface area contributed by atoms with Crippen LogP contribution in [0.25, 0.3) is 93.9 Å². The van der Waals surface area contributed by atoms with Crippen molar-refractivity contribution < 1.29 is 0 Å². The van der Waals surface area contributed by atoms with Gasteiger partial charge in [0.05, 0.1) is 16.7 Å². The molecule has 1 heterocycles. The van der Waals surface area contributed by atoms with Crippen molar-refractivity contribution >= 4 is 49.6 Å². The second-order valence-electron chi connectivity index (χ2n) is 16.9. The van der Waals surface area contributed by atoms with Gasteiger partial charge in [0.2, 0.25) is 0 Å². The zero-order valence-corrected chi connectivity index (χ0v) is 36.3. The smallest absolute Gasteiger partial charge is 0.0541 e. The number of hydrogen-bond donors (Lipinski definition) is 0. The Morgan fingerprint density at radius 3 is 1.42 bits per heavy atom. The molecule has 0 spiro atoms. The second kappa shape index (κ2) is 16.8. The third kappa shape index (κ3) is 7.02. The molecule has 2 nitrogen and oxygen atoms in total. The van der Waals surface area contributed by atoms with Crippen molar-refractivity contribution in [2.24, 2.45) is 0 Å². The maximum Gasteiger partial charge on any atom is 0.0541 e. The van der Waals surface area contributed by atoms with Gasteiger partial charge in [-0.1, -0.05) is 212 Å². The highest BCUT2D eigenvalue weighted by Crippen LogP contribution is 2.46. The van der Waals surface area contributed by atoms with E-state index < -0.39 is 0 Å². The summed E-state index contributed by atoms with van der Waals surface area (Å²) < 4.78 is 2.40. The molecule has 0 amide bonds. The molecular formula is C64H44N2. The number of anilines is 3. The summed E-state index contributed by atoms with van der Waals surface area (Å²) in [6.45, 7) is 0. The molecule has 66 heavy (non-hydrogen) atoms. The minimum Gasteiger partial charge on any atom is -0.310 e. The van der Waals surface area contributed by atoms with Crippen LogP contribution in [0.1, 0.15) is 0 Å². The summed E-state index contributed by atoms with van der Waals surface area (Å²) in [5, 5.41) is 5.00. The van der Waals surface area contributed by atoms with Crippen molar-refractivity contribution in [1.82, 2.24) is 4.57 Å². The van der Waals surface area contributed by atoms with E-state index in [2.05, 4.69) is 276 Å². The Bertz CT molecular complexity index is 3640. The van der Waals surface area contributed by atoms with Crippen molar-refractivity contribution in [3.8, 4) is 61.3 Å². The molecule has 310 valence electrons. The summed E-state index contributed by atoms with van der Waals surface area (Å²) in [7, 11) is 0. The van der Waals surface area contributed by atoms with E-state index in [1.807, 2.05) is 0 Å². The summed E-state index contributed by atoms with van der Waals surface area (Å²) >= 11 is 0. The first-order valence-electron chi connectivity index (χ1n) is 22.7. The fourth-order valence-electron chi connectivity index (χ4n) is 9.86. The fraction of sp³-hybridized carbons (Fsp3) is 0. The van der Waals surface area contributed by atoms with E-state index in [1.165, 1.54) is 82.6 Å². The van der Waals surface area contributed by atoms with Crippen LogP contribution in [-0.2, 0) is 0 Å². The lowest BCUT2D eigenvalue weighted by molar-refractivity contribution is 1.17. The molecule has 12 aromatic rings. The average molecular weight is 841 g/mol. The van der Waals surface area contributed by atoms with Crippen LogP contribution in [0.3, 0.4) is 0 Å². The van der Waals surface area contributed by atoms with E-state index in [-0.39, 0.29) is 0 Å². The number of para-hydroxylation sites is 3. The summed E-state index contributed by atoms with van der Waals surface area (Å²) in [4.78, 5) is 2.43. The normalized spacial score (nSPS) is 11.3. The molecule has 12 rings (SSSR count). The monoisotopic (exact) mass is 840 g/mol. The molecule has 2 heteroatoms. The molecule has 0 bridgehead atoms. The predicted molar refractivity (Wildman–Crippen MR) is 280 cm³/mol. The van der Waals surface area contributed by atoms with Crippen LogP contribution in [0.2, 0.25) is 0 Å². The molecule has 0 radical (unpaired) electrons. The number of hydrogen-bond acceptors (Lipinski definition) is 1. The van der Waals surface area contributed by atoms with Crippen LogP contribution in [-0.4, -0.2) is 4.57 Å². The molecular weight excluding hydrogens is 797 g/mol. The Hall–Kier alpha value is -8.72. The summed E-state index contributed by atoms with van der Waals surface area (Å²) in [5.74, 6) is 0. The van der Waals surface area contributed by atoms with E-state index >= 15 is 0 Å². The van der Waals surface area contributed by atoms with Crippen molar-refractivity contribution in [2.45, 2.75) is 0 Å². The van der Waals surface area contributed by atoms with E-state index in [0.29, 0.717) is 0 Å². The topological polar surface area (TPSA) is 8.17 Å². The molecule has 0 aliphatic carbocycles. The van der Waals surface area contributed by atoms with Crippen molar-refractivity contribution in [2.75, 3.05) is 4.90 Å². The van der Waals surface area contributed by atoms with Crippen LogP contribution in [0.4, 0.5) is 17.1 Å². The van der Waals surface area contributed by atoms with Gasteiger partial charge in [-0.3, -0.25) is 0 Å². The molecule has 11 aromatic carbocycles. The van der Waals surface area contributed by atoms with E-state index in [9.17, 15) is 0 Å². The molecule has 0 saturated heterocycles. The largest absolute Gasteiger partial charge is 0.310 e. The number of fused-ring (bicyclic) bond motifs is 4. The first kappa shape index (κ1) is 38.9. The lowest BCUT2D eigenvalue weighted by Gasteiger charge is -2.29. The Balaban J connectivity index is 0.996. The predicted octanol–water partition coefficient (Wildman–Crippen LogP) is 17.7. The van der Waals surface area contributed by atoms with Crippen LogP contribution < -0.4 is 4.90 Å². The number of benzene rings is 11. The van der Waals surface area contributed by atoms with Crippen LogP contribution in [0.15, 0.2) is 267 Å². The third-order valence-electron chi connectivity index (χ3n) is 13.0. The molecule has 0 fully saturated rings. The summed E-state index contributed by atoms with van der Waals surface area (Å²) in [6.07, 6.45) is 0. The SMILES string of the molecule is c1ccc(-c2ccccc2-c2ccccc2-c2ccccc2N(c2ccc(-c3ccc(-c4ccc5ccccc5c4)cc3)cc2)c2cccc(-n3c4ccccc4c4ccccc43)c2)cc1. The number of nitrogens with zero attached hydrogens (tertiary/aromatic N) is 2. The van der Waals surface area contributed by atoms with Gasteiger partial charge in [0.25, 0.3) is 0 Å². The molecule has 0 aliphatic rings. The molecule has 0 aliphatic heterocycles. The summed E-state index contributed by atoms with van der Waals surface area (Å²) in [5.41, 5.74) is 18.6. The highest BCUT2D eigenvalue weighted by molar-refractivity contribution is 6.09. The Labute approximate surface area is 385 Å². The van der Waals surface area contributed by atoms with Gasteiger partial charge >= 0.3 is 0 Å². The first-order chi connectivity index (χ1) is 32.7. The zero-order valence-electron chi connectivity index (χ0n) is 36.3. The number of aromatic nitrogens is 1. The average Bonchev–Trinajstić information content (AvgIpc) is 3.74. The van der Waals surface area contributed by atoms with E-state index in [0.717, 1.165) is 28.3 Å². The van der Waals surface area contributed by atoms with Crippen molar-refractivity contribution in [3.63, 3.8) is 0 Å². The van der Waals surface area contributed by atoms with Crippen molar-refractivity contribution in [3.05, 3.63) is 267 Å².